The molecular formula is C15H17N3O3S3. The summed E-state index contributed by atoms with van der Waals surface area (Å²) in [5, 5.41) is 11.2. The van der Waals surface area contributed by atoms with Crippen molar-refractivity contribution in [1.29, 1.82) is 0 Å². The molecule has 2 heterocycles. The molecular weight excluding hydrogens is 366 g/mol. The predicted octanol–water partition coefficient (Wildman–Crippen LogP) is 2.59. The van der Waals surface area contributed by atoms with Gasteiger partial charge in [-0.1, -0.05) is 12.1 Å². The Labute approximate surface area is 148 Å². The minimum atomic E-state index is -3.64. The Balaban J connectivity index is 1.70. The number of aliphatic hydroxyl groups excluding tert-OH is 1. The van der Waals surface area contributed by atoms with Crippen molar-refractivity contribution in [1.82, 2.24) is 13.5 Å². The van der Waals surface area contributed by atoms with Crippen molar-refractivity contribution in [2.75, 3.05) is 13.2 Å². The minimum Gasteiger partial charge on any atom is -0.396 e. The molecule has 9 heteroatoms. The first-order valence-electron chi connectivity index (χ1n) is 7.47. The number of aliphatic hydroxyl groups is 1. The Morgan fingerprint density at radius 3 is 2.79 bits per heavy atom. The second-order valence-corrected chi connectivity index (χ2v) is 8.54. The van der Waals surface area contributed by atoms with E-state index in [1.54, 1.807) is 23.5 Å². The highest BCUT2D eigenvalue weighted by Crippen LogP contribution is 2.27. The van der Waals surface area contributed by atoms with Crippen LogP contribution in [0.3, 0.4) is 0 Å². The van der Waals surface area contributed by atoms with Gasteiger partial charge in [0, 0.05) is 18.0 Å². The van der Waals surface area contributed by atoms with Crippen molar-refractivity contribution >= 4 is 44.1 Å². The summed E-state index contributed by atoms with van der Waals surface area (Å²) in [7, 11) is -3.64. The molecule has 2 N–H and O–H groups in total. The molecule has 0 saturated carbocycles. The first kappa shape index (κ1) is 17.4. The molecule has 0 fully saturated rings. The van der Waals surface area contributed by atoms with Crippen LogP contribution in [-0.2, 0) is 10.0 Å². The molecule has 0 unspecified atom stereocenters. The van der Waals surface area contributed by atoms with Gasteiger partial charge < -0.3 is 5.11 Å². The lowest BCUT2D eigenvalue weighted by Gasteiger charge is -2.14. The molecule has 3 aromatic rings. The summed E-state index contributed by atoms with van der Waals surface area (Å²) in [5.41, 5.74) is 0.986. The number of sulfonamides is 1. The van der Waals surface area contributed by atoms with E-state index in [1.807, 2.05) is 17.5 Å². The van der Waals surface area contributed by atoms with Gasteiger partial charge in [-0.15, -0.1) is 11.3 Å². The highest BCUT2D eigenvalue weighted by atomic mass is 32.2. The topological polar surface area (TPSA) is 92.2 Å². The molecule has 0 aliphatic carbocycles. The Bertz CT molecular complexity index is 891. The molecule has 0 aliphatic rings. The van der Waals surface area contributed by atoms with E-state index in [2.05, 4.69) is 13.5 Å². The highest BCUT2D eigenvalue weighted by Gasteiger charge is 2.20. The average Bonchev–Trinajstić information content (AvgIpc) is 3.24. The zero-order chi connectivity index (χ0) is 17.0. The number of nitrogens with zero attached hydrogens (tertiary/aromatic N) is 2. The summed E-state index contributed by atoms with van der Waals surface area (Å²) < 4.78 is 35.9. The van der Waals surface area contributed by atoms with Gasteiger partial charge in [-0.2, -0.15) is 8.75 Å². The van der Waals surface area contributed by atoms with Crippen molar-refractivity contribution in [3.63, 3.8) is 0 Å². The lowest BCUT2D eigenvalue weighted by atomic mass is 10.0. The number of thiophene rings is 1. The van der Waals surface area contributed by atoms with Gasteiger partial charge in [0.15, 0.2) is 0 Å². The van der Waals surface area contributed by atoms with Crippen LogP contribution in [0.25, 0.3) is 11.0 Å². The second kappa shape index (κ2) is 7.66. The Hall–Kier alpha value is -1.39. The van der Waals surface area contributed by atoms with Crippen LogP contribution >= 0.6 is 23.1 Å². The molecule has 1 atom stereocenters. The van der Waals surface area contributed by atoms with E-state index in [4.69, 9.17) is 0 Å². The normalized spacial score (nSPS) is 13.4. The van der Waals surface area contributed by atoms with Crippen molar-refractivity contribution in [2.45, 2.75) is 23.7 Å². The largest absolute Gasteiger partial charge is 0.396 e. The molecule has 1 aromatic carbocycles. The maximum atomic E-state index is 12.5. The summed E-state index contributed by atoms with van der Waals surface area (Å²) in [6.45, 7) is 0.387. The fraction of sp³-hybridized carbons (Fsp3) is 0.333. The van der Waals surface area contributed by atoms with Crippen molar-refractivity contribution in [3.8, 4) is 0 Å². The smallest absolute Gasteiger partial charge is 0.242 e. The predicted molar refractivity (Wildman–Crippen MR) is 96.0 cm³/mol. The third-order valence-electron chi connectivity index (χ3n) is 3.75. The lowest BCUT2D eigenvalue weighted by Crippen LogP contribution is -2.26. The Morgan fingerprint density at radius 1 is 1.17 bits per heavy atom. The van der Waals surface area contributed by atoms with E-state index >= 15 is 0 Å². The van der Waals surface area contributed by atoms with Crippen LogP contribution in [0.4, 0.5) is 0 Å². The number of aromatic nitrogens is 2. The fourth-order valence-corrected chi connectivity index (χ4v) is 5.26. The zero-order valence-electron chi connectivity index (χ0n) is 12.8. The molecule has 2 aromatic heterocycles. The van der Waals surface area contributed by atoms with E-state index in [0.29, 0.717) is 30.4 Å². The highest BCUT2D eigenvalue weighted by molar-refractivity contribution is 7.89. The molecule has 0 saturated heterocycles. The summed E-state index contributed by atoms with van der Waals surface area (Å²) in [5.74, 6) is 0.148. The van der Waals surface area contributed by atoms with Gasteiger partial charge in [0.25, 0.3) is 0 Å². The first-order valence-corrected chi connectivity index (χ1v) is 10.6. The van der Waals surface area contributed by atoms with Crippen molar-refractivity contribution < 1.29 is 13.5 Å². The van der Waals surface area contributed by atoms with E-state index in [9.17, 15) is 13.5 Å². The Morgan fingerprint density at radius 2 is 2.04 bits per heavy atom. The van der Waals surface area contributed by atoms with Gasteiger partial charge in [0.1, 0.15) is 15.9 Å². The van der Waals surface area contributed by atoms with E-state index in [-0.39, 0.29) is 17.4 Å². The van der Waals surface area contributed by atoms with Crippen LogP contribution < -0.4 is 4.72 Å². The number of benzene rings is 1. The SMILES string of the molecule is O=S(=O)(NCC[C@@H](CCO)c1cccs1)c1cccc2nsnc12. The quantitative estimate of drug-likeness (QED) is 0.624. The first-order chi connectivity index (χ1) is 11.6. The van der Waals surface area contributed by atoms with Gasteiger partial charge in [-0.25, -0.2) is 13.1 Å². The number of hydrogen-bond donors (Lipinski definition) is 2. The number of fused-ring (bicyclic) bond motifs is 1. The molecule has 24 heavy (non-hydrogen) atoms. The van der Waals surface area contributed by atoms with Gasteiger partial charge in [-0.05, 0) is 42.3 Å². The number of rotatable bonds is 8. The summed E-state index contributed by atoms with van der Waals surface area (Å²) in [6.07, 6.45) is 1.25. The fourth-order valence-electron chi connectivity index (χ4n) is 2.55. The van der Waals surface area contributed by atoms with E-state index in [0.717, 1.165) is 16.6 Å². The van der Waals surface area contributed by atoms with Crippen LogP contribution in [-0.4, -0.2) is 35.4 Å². The minimum absolute atomic E-state index is 0.0825. The number of hydrogen-bond acceptors (Lipinski definition) is 7. The van der Waals surface area contributed by atoms with E-state index < -0.39 is 10.0 Å². The zero-order valence-corrected chi connectivity index (χ0v) is 15.2. The summed E-state index contributed by atoms with van der Waals surface area (Å²) in [4.78, 5) is 1.32. The average molecular weight is 384 g/mol. The van der Waals surface area contributed by atoms with Crippen LogP contribution in [0, 0.1) is 0 Å². The van der Waals surface area contributed by atoms with Crippen molar-refractivity contribution in [2.24, 2.45) is 0 Å². The van der Waals surface area contributed by atoms with Crippen LogP contribution in [0.1, 0.15) is 23.6 Å². The third-order valence-corrected chi connectivity index (χ3v) is 6.82. The summed E-state index contributed by atoms with van der Waals surface area (Å²) in [6, 6.07) is 8.92. The molecule has 6 nitrogen and oxygen atoms in total. The van der Waals surface area contributed by atoms with Crippen LogP contribution in [0.15, 0.2) is 40.6 Å². The molecule has 0 amide bonds. The molecule has 0 radical (unpaired) electrons. The summed E-state index contributed by atoms with van der Waals surface area (Å²) >= 11 is 2.62. The number of nitrogens with one attached hydrogen (secondary N) is 1. The molecule has 0 bridgehead atoms. The van der Waals surface area contributed by atoms with Crippen molar-refractivity contribution in [3.05, 3.63) is 40.6 Å². The monoisotopic (exact) mass is 383 g/mol. The maximum Gasteiger partial charge on any atom is 0.242 e. The standard InChI is InChI=1S/C15H17N3O3S3/c19-9-7-11(13-4-2-10-22-13)6-8-16-24(20,21)14-5-1-3-12-15(14)18-23-17-12/h1-5,10-11,16,19H,6-9H2/t11-/m0/s1. The second-order valence-electron chi connectivity index (χ2n) is 5.30. The molecule has 3 rings (SSSR count). The van der Waals surface area contributed by atoms with E-state index in [1.165, 1.54) is 6.07 Å². The van der Waals surface area contributed by atoms with Gasteiger partial charge in [0.05, 0.1) is 11.7 Å². The van der Waals surface area contributed by atoms with Crippen LogP contribution in [0.5, 0.6) is 0 Å². The van der Waals surface area contributed by atoms with Gasteiger partial charge >= 0.3 is 0 Å². The molecule has 128 valence electrons. The molecule has 0 spiro atoms. The molecule has 0 aliphatic heterocycles. The third kappa shape index (κ3) is 3.81. The van der Waals surface area contributed by atoms with Gasteiger partial charge in [-0.3, -0.25) is 0 Å². The Kier molecular flexibility index (Phi) is 5.57. The maximum absolute atomic E-state index is 12.5. The lowest BCUT2D eigenvalue weighted by molar-refractivity contribution is 0.273. The van der Waals surface area contributed by atoms with Gasteiger partial charge in [0.2, 0.25) is 10.0 Å². The van der Waals surface area contributed by atoms with Crippen LogP contribution in [0.2, 0.25) is 0 Å².